The Bertz CT molecular complexity index is 768. The summed E-state index contributed by atoms with van der Waals surface area (Å²) in [5, 5.41) is 6.16. The molecule has 0 spiro atoms. The van der Waals surface area contributed by atoms with Crippen molar-refractivity contribution in [3.05, 3.63) is 46.6 Å². The molecule has 8 heteroatoms. The van der Waals surface area contributed by atoms with Crippen molar-refractivity contribution in [3.8, 4) is 0 Å². The van der Waals surface area contributed by atoms with Crippen molar-refractivity contribution < 1.29 is 4.79 Å². The van der Waals surface area contributed by atoms with Crippen molar-refractivity contribution in [2.24, 2.45) is 5.92 Å². The van der Waals surface area contributed by atoms with Gasteiger partial charge in [-0.3, -0.25) is 9.80 Å². The highest BCUT2D eigenvalue weighted by molar-refractivity contribution is 6.30. The number of nitrogens with one attached hydrogen (secondary N) is 5. The third-order valence-corrected chi connectivity index (χ3v) is 6.64. The van der Waals surface area contributed by atoms with Crippen LogP contribution in [0.3, 0.4) is 0 Å². The van der Waals surface area contributed by atoms with Crippen LogP contribution in [0, 0.1) is 5.92 Å². The molecule has 3 aliphatic heterocycles. The van der Waals surface area contributed by atoms with Crippen LogP contribution in [-0.2, 0) is 4.79 Å². The van der Waals surface area contributed by atoms with Crippen LogP contribution in [0.2, 0.25) is 5.02 Å². The van der Waals surface area contributed by atoms with Gasteiger partial charge < -0.3 is 5.32 Å². The van der Waals surface area contributed by atoms with E-state index in [1.807, 2.05) is 12.1 Å². The molecule has 6 atom stereocenters. The lowest BCUT2D eigenvalue weighted by atomic mass is 9.80. The first-order valence-electron chi connectivity index (χ1n) is 9.69. The van der Waals surface area contributed by atoms with Crippen LogP contribution < -0.4 is 27.1 Å². The second kappa shape index (κ2) is 6.76. The standard InChI is InChI=1S/C19H25ClN6O/c1-10-18(11-2-5-13(20)6-3-11)19-21-15(9-17(27)26(19)24-10)12-4-7-14-16(8-12)23-25-22-14/h2-3,5-6,9-10,12,14,16,18-19,21-25H,4,7-8H2,1H3. The lowest BCUT2D eigenvalue weighted by Gasteiger charge is -2.38. The summed E-state index contributed by atoms with van der Waals surface area (Å²) in [4.78, 5) is 12.8. The number of hydrogen-bond acceptors (Lipinski definition) is 6. The molecule has 0 bridgehead atoms. The topological polar surface area (TPSA) is 80.5 Å². The third kappa shape index (κ3) is 3.03. The van der Waals surface area contributed by atoms with Crippen LogP contribution in [0.1, 0.15) is 37.7 Å². The summed E-state index contributed by atoms with van der Waals surface area (Å²) in [5.41, 5.74) is 15.2. The first kappa shape index (κ1) is 17.5. The molecule has 1 aliphatic carbocycles. The largest absolute Gasteiger partial charge is 0.366 e. The van der Waals surface area contributed by atoms with Crippen molar-refractivity contribution in [3.63, 3.8) is 0 Å². The molecule has 0 radical (unpaired) electrons. The maximum Gasteiger partial charge on any atom is 0.264 e. The molecular weight excluding hydrogens is 364 g/mol. The number of hydrazine groups is 3. The minimum absolute atomic E-state index is 0.0369. The highest BCUT2D eigenvalue weighted by Gasteiger charge is 2.46. The average Bonchev–Trinajstić information content (AvgIpc) is 3.26. The number of carbonyl (C=O) groups is 1. The van der Waals surface area contributed by atoms with E-state index in [1.54, 1.807) is 11.1 Å². The number of hydrogen-bond donors (Lipinski definition) is 5. The van der Waals surface area contributed by atoms with Gasteiger partial charge in [-0.1, -0.05) is 23.7 Å². The number of fused-ring (bicyclic) bond motifs is 2. The number of amides is 1. The number of nitrogens with zero attached hydrogens (tertiary/aromatic N) is 1. The molecule has 3 fully saturated rings. The normalized spacial score (nSPS) is 38.2. The van der Waals surface area contributed by atoms with Gasteiger partial charge >= 0.3 is 0 Å². The summed E-state index contributed by atoms with van der Waals surface area (Å²) < 4.78 is 0. The second-order valence-corrected chi connectivity index (χ2v) is 8.47. The third-order valence-electron chi connectivity index (χ3n) is 6.39. The van der Waals surface area contributed by atoms with Gasteiger partial charge in [-0.25, -0.2) is 16.3 Å². The van der Waals surface area contributed by atoms with Gasteiger partial charge in [0.25, 0.3) is 5.91 Å². The van der Waals surface area contributed by atoms with Crippen molar-refractivity contribution >= 4 is 17.5 Å². The smallest absolute Gasteiger partial charge is 0.264 e. The number of allylic oxidation sites excluding steroid dienone is 1. The van der Waals surface area contributed by atoms with Gasteiger partial charge in [0.15, 0.2) is 0 Å². The Morgan fingerprint density at radius 1 is 1.11 bits per heavy atom. The highest BCUT2D eigenvalue weighted by atomic mass is 35.5. The molecule has 1 amide bonds. The minimum Gasteiger partial charge on any atom is -0.366 e. The van der Waals surface area contributed by atoms with E-state index in [0.717, 1.165) is 30.0 Å². The summed E-state index contributed by atoms with van der Waals surface area (Å²) in [5.74, 6) is 0.572. The second-order valence-electron chi connectivity index (χ2n) is 8.03. The van der Waals surface area contributed by atoms with Crippen LogP contribution in [0.25, 0.3) is 0 Å². The molecule has 27 heavy (non-hydrogen) atoms. The Hall–Kier alpha value is -1.64. The summed E-state index contributed by atoms with van der Waals surface area (Å²) in [6, 6.07) is 8.97. The quantitative estimate of drug-likeness (QED) is 0.522. The summed E-state index contributed by atoms with van der Waals surface area (Å²) in [7, 11) is 0. The zero-order chi connectivity index (χ0) is 18.5. The summed E-state index contributed by atoms with van der Waals surface area (Å²) in [6.45, 7) is 2.12. The maximum absolute atomic E-state index is 12.8. The maximum atomic E-state index is 12.8. The SMILES string of the molecule is CC1NN2C(=O)C=C(C3CCC4NNNC4C3)NC2C1c1ccc(Cl)cc1. The molecule has 1 saturated carbocycles. The fourth-order valence-electron chi connectivity index (χ4n) is 4.99. The van der Waals surface area contributed by atoms with E-state index in [0.29, 0.717) is 18.0 Å². The Morgan fingerprint density at radius 3 is 2.70 bits per heavy atom. The number of carbonyl (C=O) groups excluding carboxylic acids is 1. The first-order valence-corrected chi connectivity index (χ1v) is 10.1. The molecule has 1 aromatic carbocycles. The lowest BCUT2D eigenvalue weighted by Crippen LogP contribution is -2.54. The molecule has 7 nitrogen and oxygen atoms in total. The van der Waals surface area contributed by atoms with E-state index in [9.17, 15) is 4.79 Å². The number of benzene rings is 1. The molecule has 4 aliphatic rings. The monoisotopic (exact) mass is 388 g/mol. The summed E-state index contributed by atoms with van der Waals surface area (Å²) in [6.07, 6.45) is 4.87. The van der Waals surface area contributed by atoms with Crippen LogP contribution in [0.5, 0.6) is 0 Å². The van der Waals surface area contributed by atoms with Gasteiger partial charge in [0.1, 0.15) is 6.17 Å². The Kier molecular flexibility index (Phi) is 4.37. The van der Waals surface area contributed by atoms with Crippen LogP contribution in [0.15, 0.2) is 36.0 Å². The molecule has 5 rings (SSSR count). The predicted molar refractivity (Wildman–Crippen MR) is 103 cm³/mol. The van der Waals surface area contributed by atoms with E-state index in [1.165, 1.54) is 5.56 Å². The van der Waals surface area contributed by atoms with Gasteiger partial charge in [0.2, 0.25) is 0 Å². The van der Waals surface area contributed by atoms with Crippen molar-refractivity contribution in [2.45, 2.75) is 56.4 Å². The molecule has 6 unspecified atom stereocenters. The van der Waals surface area contributed by atoms with Gasteiger partial charge in [0, 0.05) is 46.8 Å². The van der Waals surface area contributed by atoms with Crippen LogP contribution >= 0.6 is 11.6 Å². The first-order chi connectivity index (χ1) is 13.1. The van der Waals surface area contributed by atoms with Crippen LogP contribution in [-0.4, -0.2) is 35.2 Å². The van der Waals surface area contributed by atoms with E-state index in [-0.39, 0.29) is 24.0 Å². The molecule has 3 heterocycles. The van der Waals surface area contributed by atoms with E-state index in [2.05, 4.69) is 46.2 Å². The van der Waals surface area contributed by atoms with Gasteiger partial charge in [0.05, 0.1) is 0 Å². The minimum atomic E-state index is -0.0841. The zero-order valence-electron chi connectivity index (χ0n) is 15.2. The zero-order valence-corrected chi connectivity index (χ0v) is 16.0. The molecule has 5 N–H and O–H groups in total. The van der Waals surface area contributed by atoms with Crippen molar-refractivity contribution in [2.75, 3.05) is 0 Å². The fraction of sp³-hybridized carbons (Fsp3) is 0.526. The summed E-state index contributed by atoms with van der Waals surface area (Å²) >= 11 is 6.06. The Labute approximate surface area is 163 Å². The Morgan fingerprint density at radius 2 is 1.89 bits per heavy atom. The number of halogens is 1. The molecule has 1 aromatic rings. The van der Waals surface area contributed by atoms with Crippen molar-refractivity contribution in [1.29, 1.82) is 0 Å². The van der Waals surface area contributed by atoms with E-state index >= 15 is 0 Å². The van der Waals surface area contributed by atoms with Gasteiger partial charge in [-0.2, -0.15) is 5.53 Å². The molecule has 2 saturated heterocycles. The lowest BCUT2D eigenvalue weighted by molar-refractivity contribution is -0.131. The fourth-order valence-corrected chi connectivity index (χ4v) is 5.11. The van der Waals surface area contributed by atoms with E-state index < -0.39 is 0 Å². The average molecular weight is 389 g/mol. The van der Waals surface area contributed by atoms with Crippen LogP contribution in [0.4, 0.5) is 0 Å². The highest BCUT2D eigenvalue weighted by Crippen LogP contribution is 2.37. The van der Waals surface area contributed by atoms with Gasteiger partial charge in [-0.15, -0.1) is 0 Å². The molecular formula is C19H25ClN6O. The van der Waals surface area contributed by atoms with E-state index in [4.69, 9.17) is 11.6 Å². The number of rotatable bonds is 2. The molecule has 144 valence electrons. The Balaban J connectivity index is 1.39. The predicted octanol–water partition coefficient (Wildman–Crippen LogP) is 1.12. The van der Waals surface area contributed by atoms with Gasteiger partial charge in [-0.05, 0) is 43.9 Å². The molecule has 0 aromatic heterocycles. The van der Waals surface area contributed by atoms with Crippen molar-refractivity contribution in [1.82, 2.24) is 32.1 Å².